The van der Waals surface area contributed by atoms with Crippen LogP contribution in [0.25, 0.3) is 11.3 Å². The maximum Gasteiger partial charge on any atom is 0.424 e. The number of nitrogens with zero attached hydrogens (tertiary/aromatic N) is 1. The van der Waals surface area contributed by atoms with Gasteiger partial charge in [0.25, 0.3) is 0 Å². The Morgan fingerprint density at radius 3 is 2.47 bits per heavy atom. The number of aromatic nitrogens is 1. The van der Waals surface area contributed by atoms with Crippen molar-refractivity contribution >= 4 is 5.91 Å². The van der Waals surface area contributed by atoms with Crippen molar-refractivity contribution in [1.29, 1.82) is 0 Å². The number of nitrogens with one attached hydrogen (secondary N) is 2. The van der Waals surface area contributed by atoms with Gasteiger partial charge in [0.05, 0.1) is 12.2 Å². The molecule has 1 aliphatic rings. The molecule has 0 fully saturated rings. The monoisotopic (exact) mass is 431 g/mol. The molecule has 1 aromatic heterocycles. The zero-order valence-electron chi connectivity index (χ0n) is 15.9. The van der Waals surface area contributed by atoms with Crippen molar-refractivity contribution in [1.82, 2.24) is 15.8 Å². The molecule has 30 heavy (non-hydrogen) atoms. The minimum absolute atomic E-state index is 0.0224. The molecule has 0 bridgehead atoms. The minimum Gasteiger partial charge on any atom is -0.489 e. The molecule has 11 heteroatoms. The lowest BCUT2D eigenvalue weighted by Crippen LogP contribution is -2.49. The summed E-state index contributed by atoms with van der Waals surface area (Å²) in [4.78, 5) is 16.4. The van der Waals surface area contributed by atoms with Crippen LogP contribution >= 0.6 is 0 Å². The minimum atomic E-state index is -5.30. The highest BCUT2D eigenvalue weighted by Crippen LogP contribution is 2.47. The molecule has 0 spiro atoms. The highest BCUT2D eigenvalue weighted by molar-refractivity contribution is 5.91. The first kappa shape index (κ1) is 21.9. The van der Waals surface area contributed by atoms with Gasteiger partial charge in [0.2, 0.25) is 11.5 Å². The highest BCUT2D eigenvalue weighted by Gasteiger charge is 2.57. The fourth-order valence-electron chi connectivity index (χ4n) is 3.30. The largest absolute Gasteiger partial charge is 0.489 e. The summed E-state index contributed by atoms with van der Waals surface area (Å²) < 4.78 is 72.7. The number of ether oxygens (including phenoxy) is 1. The van der Waals surface area contributed by atoms with Crippen molar-refractivity contribution in [2.75, 3.05) is 20.2 Å². The van der Waals surface area contributed by atoms with Gasteiger partial charge >= 0.3 is 6.18 Å². The number of hydrogen-bond acceptors (Lipinski definition) is 5. The van der Waals surface area contributed by atoms with E-state index in [1.54, 1.807) is 0 Å². The average molecular weight is 431 g/mol. The molecule has 1 amide bonds. The molecule has 2 aromatic rings. The molecular formula is C19H18F5N3O3. The Labute approximate surface area is 168 Å². The summed E-state index contributed by atoms with van der Waals surface area (Å²) in [6.07, 6.45) is -5.30. The zero-order chi connectivity index (χ0) is 22.3. The molecule has 0 saturated heterocycles. The number of hydrogen-bond donors (Lipinski definition) is 3. The smallest absolute Gasteiger partial charge is 0.424 e. The van der Waals surface area contributed by atoms with E-state index in [2.05, 4.69) is 10.3 Å². The molecule has 1 aliphatic heterocycles. The molecule has 162 valence electrons. The maximum atomic E-state index is 13.7. The summed E-state index contributed by atoms with van der Waals surface area (Å²) in [6.45, 7) is -0.272. The van der Waals surface area contributed by atoms with Crippen molar-refractivity contribution in [3.8, 4) is 17.0 Å². The molecule has 0 unspecified atom stereocenters. The Balaban J connectivity index is 2.33. The second-order valence-electron chi connectivity index (χ2n) is 7.11. The number of alkyl halides is 3. The van der Waals surface area contributed by atoms with Crippen LogP contribution in [0.5, 0.6) is 5.75 Å². The molecule has 2 atom stereocenters. The first-order valence-corrected chi connectivity index (χ1v) is 8.77. The van der Waals surface area contributed by atoms with Gasteiger partial charge in [-0.1, -0.05) is 0 Å². The van der Waals surface area contributed by atoms with Crippen LogP contribution in [0.1, 0.15) is 18.2 Å². The van der Waals surface area contributed by atoms with Crippen LogP contribution in [0.2, 0.25) is 0 Å². The lowest BCUT2D eigenvalue weighted by atomic mass is 9.81. The summed E-state index contributed by atoms with van der Waals surface area (Å²) in [5.41, 5.74) is -5.11. The van der Waals surface area contributed by atoms with Gasteiger partial charge in [0.1, 0.15) is 29.3 Å². The summed E-state index contributed by atoms with van der Waals surface area (Å²) in [5, 5.41) is 12.8. The Kier molecular flexibility index (Phi) is 5.46. The van der Waals surface area contributed by atoms with Crippen molar-refractivity contribution in [3.05, 3.63) is 47.4 Å². The maximum absolute atomic E-state index is 13.7. The van der Waals surface area contributed by atoms with Gasteiger partial charge in [-0.05, 0) is 37.3 Å². The van der Waals surface area contributed by atoms with Gasteiger partial charge in [-0.2, -0.15) is 18.7 Å². The number of fused-ring (bicyclic) bond motifs is 1. The normalized spacial score (nSPS) is 20.3. The van der Waals surface area contributed by atoms with Crippen molar-refractivity contribution in [3.63, 3.8) is 0 Å². The lowest BCUT2D eigenvalue weighted by molar-refractivity contribution is -0.268. The molecule has 1 aromatic carbocycles. The SMILES string of the molecule is CNC(=O)[C@@]1(C)COc2c1cc([C@@](O)(CNF)C(F)(F)F)nc2-c1ccc(F)cc1. The summed E-state index contributed by atoms with van der Waals surface area (Å²) in [6, 6.07) is 5.56. The van der Waals surface area contributed by atoms with Crippen molar-refractivity contribution in [2.45, 2.75) is 24.1 Å². The Morgan fingerprint density at radius 1 is 1.30 bits per heavy atom. The average Bonchev–Trinajstić information content (AvgIpc) is 3.04. The third-order valence-electron chi connectivity index (χ3n) is 5.13. The first-order valence-electron chi connectivity index (χ1n) is 8.77. The standard InChI is InChI=1S/C19H18F5N3O3/c1-17(16(28)25-2)9-30-15-12(17)7-13(18(29,8-26-24)19(21,22)23)27-14(15)10-3-5-11(20)6-4-10/h3-7,26,29H,8-9H2,1-2H3,(H,25,28)/t17-,18-/m0/s1. The van der Waals surface area contributed by atoms with E-state index < -0.39 is 41.2 Å². The van der Waals surface area contributed by atoms with Crippen molar-refractivity contribution in [2.24, 2.45) is 0 Å². The number of amides is 1. The number of rotatable bonds is 5. The third-order valence-corrected chi connectivity index (χ3v) is 5.13. The van der Waals surface area contributed by atoms with E-state index in [0.29, 0.717) is 0 Å². The molecule has 0 radical (unpaired) electrons. The first-order chi connectivity index (χ1) is 14.0. The van der Waals surface area contributed by atoms with Crippen molar-refractivity contribution < 1.29 is 36.7 Å². The van der Waals surface area contributed by atoms with Gasteiger partial charge in [0, 0.05) is 18.2 Å². The molecular weight excluding hydrogens is 413 g/mol. The lowest BCUT2D eigenvalue weighted by Gasteiger charge is -2.30. The van der Waals surface area contributed by atoms with E-state index in [9.17, 15) is 31.9 Å². The number of halogens is 5. The molecule has 0 aliphatic carbocycles. The van der Waals surface area contributed by atoms with Crippen LogP contribution in [0.4, 0.5) is 22.0 Å². The zero-order valence-corrected chi connectivity index (χ0v) is 15.9. The van der Waals surface area contributed by atoms with E-state index in [-0.39, 0.29) is 29.2 Å². The van der Waals surface area contributed by atoms with Gasteiger partial charge in [-0.25, -0.2) is 9.37 Å². The van der Waals surface area contributed by atoms with E-state index in [4.69, 9.17) is 4.74 Å². The number of carbonyl (C=O) groups excluding carboxylic acids is 1. The van der Waals surface area contributed by atoms with E-state index >= 15 is 0 Å². The topological polar surface area (TPSA) is 83.5 Å². The molecule has 6 nitrogen and oxygen atoms in total. The fraction of sp³-hybridized carbons (Fsp3) is 0.368. The fourth-order valence-corrected chi connectivity index (χ4v) is 3.30. The number of aliphatic hydroxyl groups is 1. The second kappa shape index (κ2) is 7.47. The second-order valence-corrected chi connectivity index (χ2v) is 7.11. The van der Waals surface area contributed by atoms with Gasteiger partial charge < -0.3 is 15.2 Å². The number of pyridine rings is 1. The predicted octanol–water partition coefficient (Wildman–Crippen LogP) is 2.51. The Bertz CT molecular complexity index is 967. The number of benzene rings is 1. The van der Waals surface area contributed by atoms with Crippen LogP contribution in [-0.4, -0.2) is 42.4 Å². The highest BCUT2D eigenvalue weighted by atomic mass is 19.4. The quantitative estimate of drug-likeness (QED) is 0.501. The molecule has 3 N–H and O–H groups in total. The van der Waals surface area contributed by atoms with Gasteiger partial charge in [-0.3, -0.25) is 4.79 Å². The van der Waals surface area contributed by atoms with E-state index in [1.807, 2.05) is 0 Å². The van der Waals surface area contributed by atoms with Crippen LogP contribution in [0.15, 0.2) is 30.3 Å². The van der Waals surface area contributed by atoms with Crippen LogP contribution in [-0.2, 0) is 15.8 Å². The van der Waals surface area contributed by atoms with Gasteiger partial charge in [-0.15, -0.1) is 4.48 Å². The third kappa shape index (κ3) is 3.37. The van der Waals surface area contributed by atoms with Crippen LogP contribution in [0, 0.1) is 5.82 Å². The van der Waals surface area contributed by atoms with E-state index in [1.165, 1.54) is 26.1 Å². The molecule has 3 rings (SSSR count). The Hall–Kier alpha value is -2.79. The van der Waals surface area contributed by atoms with Gasteiger partial charge in [0.15, 0.2) is 0 Å². The predicted molar refractivity (Wildman–Crippen MR) is 95.6 cm³/mol. The summed E-state index contributed by atoms with van der Waals surface area (Å²) in [7, 11) is 1.35. The molecule has 2 heterocycles. The van der Waals surface area contributed by atoms with E-state index in [0.717, 1.165) is 23.7 Å². The van der Waals surface area contributed by atoms with Crippen LogP contribution in [0.3, 0.4) is 0 Å². The summed E-state index contributed by atoms with van der Waals surface area (Å²) >= 11 is 0. The summed E-state index contributed by atoms with van der Waals surface area (Å²) in [5.74, 6) is -1.10. The van der Waals surface area contributed by atoms with Crippen LogP contribution < -0.4 is 15.6 Å². The number of carbonyl (C=O) groups is 1. The molecule has 0 saturated carbocycles. The number of likely N-dealkylation sites (N-methyl/N-ethyl adjacent to an activating group) is 1. The Morgan fingerprint density at radius 2 is 1.93 bits per heavy atom.